The van der Waals surface area contributed by atoms with Crippen molar-refractivity contribution in [3.63, 3.8) is 0 Å². The van der Waals surface area contributed by atoms with Crippen molar-refractivity contribution in [2.75, 3.05) is 12.0 Å². The van der Waals surface area contributed by atoms with Gasteiger partial charge in [-0.25, -0.2) is 4.98 Å². The molecule has 0 atom stereocenters. The zero-order chi connectivity index (χ0) is 18.4. The summed E-state index contributed by atoms with van der Waals surface area (Å²) < 4.78 is 6.30. The second-order valence-electron chi connectivity index (χ2n) is 5.13. The highest BCUT2D eigenvalue weighted by molar-refractivity contribution is 9.10. The Morgan fingerprint density at radius 1 is 1.31 bits per heavy atom. The molecule has 0 aliphatic carbocycles. The molecule has 2 aromatic carbocycles. The second kappa shape index (κ2) is 8.52. The van der Waals surface area contributed by atoms with E-state index in [4.69, 9.17) is 11.2 Å². The van der Waals surface area contributed by atoms with E-state index in [0.29, 0.717) is 10.9 Å². The van der Waals surface area contributed by atoms with Crippen LogP contribution >= 0.6 is 27.3 Å². The Bertz CT molecular complexity index is 962. The number of aromatic nitrogens is 1. The van der Waals surface area contributed by atoms with E-state index in [1.807, 2.05) is 29.6 Å². The molecule has 1 aromatic heterocycles. The van der Waals surface area contributed by atoms with Gasteiger partial charge in [-0.1, -0.05) is 34.0 Å². The van der Waals surface area contributed by atoms with Crippen molar-refractivity contribution in [2.45, 2.75) is 0 Å². The van der Waals surface area contributed by atoms with Crippen LogP contribution in [0.1, 0.15) is 5.56 Å². The Labute approximate surface area is 163 Å². The molecule has 0 radical (unpaired) electrons. The topological polar surface area (TPSA) is 66.7 Å². The summed E-state index contributed by atoms with van der Waals surface area (Å²) in [6.45, 7) is 0.0877. The highest BCUT2D eigenvalue weighted by atomic mass is 79.9. The van der Waals surface area contributed by atoms with Crippen molar-refractivity contribution in [3.8, 4) is 35.1 Å². The second-order valence-corrected chi connectivity index (χ2v) is 6.91. The minimum atomic E-state index is 0.0319. The summed E-state index contributed by atoms with van der Waals surface area (Å²) in [7, 11) is 0. The number of rotatable bonds is 6. The molecule has 0 unspecified atom stereocenters. The molecule has 0 fully saturated rings. The van der Waals surface area contributed by atoms with Crippen LogP contribution in [0.25, 0.3) is 11.3 Å². The van der Waals surface area contributed by atoms with Crippen molar-refractivity contribution < 1.29 is 9.84 Å². The molecule has 0 aliphatic rings. The molecule has 3 rings (SSSR count). The van der Waals surface area contributed by atoms with Gasteiger partial charge in [0, 0.05) is 15.4 Å². The van der Waals surface area contributed by atoms with Gasteiger partial charge in [-0.15, -0.1) is 17.8 Å². The molecule has 2 N–H and O–H groups in total. The Morgan fingerprint density at radius 2 is 2.12 bits per heavy atom. The minimum absolute atomic E-state index is 0.0319. The lowest BCUT2D eigenvalue weighted by molar-refractivity contribution is 0.342. The van der Waals surface area contributed by atoms with E-state index in [0.717, 1.165) is 21.3 Å². The van der Waals surface area contributed by atoms with Gasteiger partial charge in [0.15, 0.2) is 11.5 Å². The number of aromatic hydroxyl groups is 1. The average molecular weight is 428 g/mol. The Hall–Kier alpha value is -2.82. The first kappa shape index (κ1) is 18.0. The molecule has 0 amide bonds. The predicted octanol–water partition coefficient (Wildman–Crippen LogP) is 4.74. The number of phenols is 1. The van der Waals surface area contributed by atoms with E-state index in [1.165, 1.54) is 17.4 Å². The summed E-state index contributed by atoms with van der Waals surface area (Å²) in [6.07, 6.45) is 6.77. The lowest BCUT2D eigenvalue weighted by Crippen LogP contribution is -1.95. The van der Waals surface area contributed by atoms with Crippen LogP contribution in [0.15, 0.2) is 57.4 Å². The van der Waals surface area contributed by atoms with Gasteiger partial charge in [0.25, 0.3) is 0 Å². The number of hydrogen-bond acceptors (Lipinski definition) is 6. The fourth-order valence-corrected chi connectivity index (χ4v) is 3.02. The monoisotopic (exact) mass is 427 g/mol. The molecule has 0 saturated heterocycles. The lowest BCUT2D eigenvalue weighted by Gasteiger charge is -2.05. The van der Waals surface area contributed by atoms with Gasteiger partial charge in [0.1, 0.15) is 6.61 Å². The number of nitrogens with zero attached hydrogens (tertiary/aromatic N) is 2. The number of benzene rings is 2. The molecule has 0 aliphatic heterocycles. The Balaban J connectivity index is 1.66. The third kappa shape index (κ3) is 4.63. The van der Waals surface area contributed by atoms with E-state index in [1.54, 1.807) is 18.3 Å². The van der Waals surface area contributed by atoms with Crippen molar-refractivity contribution in [1.29, 1.82) is 0 Å². The molecular formula is C19H14BrN3O2S. The molecule has 0 saturated carbocycles. The van der Waals surface area contributed by atoms with Gasteiger partial charge in [0.05, 0.1) is 11.9 Å². The maximum Gasteiger partial charge on any atom is 0.203 e. The van der Waals surface area contributed by atoms with Gasteiger partial charge in [-0.2, -0.15) is 5.10 Å². The van der Waals surface area contributed by atoms with Crippen LogP contribution in [0.5, 0.6) is 11.5 Å². The zero-order valence-electron chi connectivity index (χ0n) is 13.5. The zero-order valence-corrected chi connectivity index (χ0v) is 15.9. The summed E-state index contributed by atoms with van der Waals surface area (Å²) in [5.74, 6) is 2.71. The fraction of sp³-hybridized carbons (Fsp3) is 0.0526. The summed E-state index contributed by atoms with van der Waals surface area (Å²) >= 11 is 4.89. The quantitative estimate of drug-likeness (QED) is 0.338. The summed E-state index contributed by atoms with van der Waals surface area (Å²) in [5.41, 5.74) is 5.58. The number of hydrazone groups is 1. The maximum atomic E-state index is 9.73. The predicted molar refractivity (Wildman–Crippen MR) is 109 cm³/mol. The normalized spacial score (nSPS) is 10.6. The van der Waals surface area contributed by atoms with Crippen LogP contribution in [0.4, 0.5) is 5.13 Å². The summed E-state index contributed by atoms with van der Waals surface area (Å²) in [6, 6.07) is 12.9. The fourth-order valence-electron chi connectivity index (χ4n) is 2.09. The molecular weight excluding hydrogens is 414 g/mol. The van der Waals surface area contributed by atoms with Crippen molar-refractivity contribution in [1.82, 2.24) is 4.98 Å². The average Bonchev–Trinajstić information content (AvgIpc) is 3.11. The molecule has 26 heavy (non-hydrogen) atoms. The standard InChI is InChI=1S/C19H14BrN3O2S/c1-2-9-25-18-10-13(3-8-17(18)24)11-21-23-19-22-16(12-26-19)14-4-6-15(20)7-5-14/h1,3-8,10-12,24H,9H2,(H,22,23)/b21-11+. The van der Waals surface area contributed by atoms with Crippen molar-refractivity contribution in [3.05, 3.63) is 57.9 Å². The molecule has 0 spiro atoms. The number of ether oxygens (including phenoxy) is 1. The minimum Gasteiger partial charge on any atom is -0.504 e. The van der Waals surface area contributed by atoms with Crippen molar-refractivity contribution >= 4 is 38.6 Å². The number of terminal acetylenes is 1. The number of nitrogens with one attached hydrogen (secondary N) is 1. The van der Waals surface area contributed by atoms with Crippen LogP contribution in [-0.2, 0) is 0 Å². The first-order chi connectivity index (χ1) is 12.7. The van der Waals surface area contributed by atoms with Gasteiger partial charge < -0.3 is 9.84 Å². The molecule has 1 heterocycles. The Morgan fingerprint density at radius 3 is 2.88 bits per heavy atom. The Kier molecular flexibility index (Phi) is 5.89. The van der Waals surface area contributed by atoms with Gasteiger partial charge in [-0.05, 0) is 35.9 Å². The largest absolute Gasteiger partial charge is 0.504 e. The first-order valence-electron chi connectivity index (χ1n) is 7.55. The highest BCUT2D eigenvalue weighted by Gasteiger charge is 2.04. The third-order valence-corrected chi connectivity index (χ3v) is 4.59. The van der Waals surface area contributed by atoms with Gasteiger partial charge in [0.2, 0.25) is 5.13 Å². The van der Waals surface area contributed by atoms with E-state index >= 15 is 0 Å². The molecule has 130 valence electrons. The van der Waals surface area contributed by atoms with E-state index in [2.05, 4.69) is 37.4 Å². The number of hydrogen-bond donors (Lipinski definition) is 2. The number of thiazole rings is 1. The van der Waals surface area contributed by atoms with E-state index in [9.17, 15) is 5.11 Å². The maximum absolute atomic E-state index is 9.73. The number of phenolic OH excluding ortho intramolecular Hbond substituents is 1. The van der Waals surface area contributed by atoms with Crippen LogP contribution in [0.3, 0.4) is 0 Å². The molecule has 3 aromatic rings. The lowest BCUT2D eigenvalue weighted by atomic mass is 10.2. The SMILES string of the molecule is C#CCOc1cc(/C=N/Nc2nc(-c3ccc(Br)cc3)cs2)ccc1O. The van der Waals surface area contributed by atoms with Crippen LogP contribution < -0.4 is 10.2 Å². The smallest absolute Gasteiger partial charge is 0.203 e. The van der Waals surface area contributed by atoms with Crippen molar-refractivity contribution in [2.24, 2.45) is 5.10 Å². The van der Waals surface area contributed by atoms with Gasteiger partial charge >= 0.3 is 0 Å². The molecule has 0 bridgehead atoms. The van der Waals surface area contributed by atoms with E-state index < -0.39 is 0 Å². The molecule has 7 heteroatoms. The molecule has 5 nitrogen and oxygen atoms in total. The van der Waals surface area contributed by atoms with E-state index in [-0.39, 0.29) is 12.4 Å². The summed E-state index contributed by atoms with van der Waals surface area (Å²) in [5, 5.41) is 16.5. The number of halogens is 1. The van der Waals surface area contributed by atoms with Crippen LogP contribution in [-0.4, -0.2) is 22.9 Å². The highest BCUT2D eigenvalue weighted by Crippen LogP contribution is 2.27. The van der Waals surface area contributed by atoms with Crippen LogP contribution in [0.2, 0.25) is 0 Å². The first-order valence-corrected chi connectivity index (χ1v) is 9.23. The summed E-state index contributed by atoms with van der Waals surface area (Å²) in [4.78, 5) is 4.51. The van der Waals surface area contributed by atoms with Crippen LogP contribution in [0, 0.1) is 12.3 Å². The van der Waals surface area contributed by atoms with Gasteiger partial charge in [-0.3, -0.25) is 5.43 Å². The third-order valence-electron chi connectivity index (χ3n) is 3.31. The number of anilines is 1.